The molecule has 41 heavy (non-hydrogen) atoms. The van der Waals surface area contributed by atoms with E-state index in [4.69, 9.17) is 9.72 Å². The van der Waals surface area contributed by atoms with Crippen molar-refractivity contribution in [1.29, 1.82) is 0 Å². The molecule has 1 aliphatic rings. The molecule has 2 aromatic heterocycles. The molecule has 9 nitrogen and oxygen atoms in total. The highest BCUT2D eigenvalue weighted by molar-refractivity contribution is 6.02. The standard InChI is InChI=1S/C31H36FN7O2/c1-6-29(40)34-23-18-24(28(41-5)19-27(23)38(4)16-15-37(2)3)36-31-33-13-12-22(35-31)30-21-11-10-20(32)17-26(21)39-14-8-7-9-25(30)39/h6,10-13,17-19H,1,7-9,14-16H2,2-5H3,(H,34,40)(H,33,35,36). The van der Waals surface area contributed by atoms with Crippen LogP contribution in [-0.2, 0) is 17.8 Å². The van der Waals surface area contributed by atoms with Gasteiger partial charge in [-0.2, -0.15) is 0 Å². The van der Waals surface area contributed by atoms with Crippen LogP contribution in [0.2, 0.25) is 0 Å². The van der Waals surface area contributed by atoms with Crippen LogP contribution in [0.25, 0.3) is 22.2 Å². The molecule has 1 aliphatic heterocycles. The summed E-state index contributed by atoms with van der Waals surface area (Å²) in [7, 11) is 7.60. The first kappa shape index (κ1) is 28.1. The van der Waals surface area contributed by atoms with Crippen molar-refractivity contribution in [2.45, 2.75) is 25.8 Å². The minimum absolute atomic E-state index is 0.248. The van der Waals surface area contributed by atoms with E-state index in [1.54, 1.807) is 19.4 Å². The Labute approximate surface area is 239 Å². The zero-order valence-electron chi connectivity index (χ0n) is 24.0. The summed E-state index contributed by atoms with van der Waals surface area (Å²) in [5.41, 5.74) is 5.82. The maximum atomic E-state index is 14.2. The lowest BCUT2D eigenvalue weighted by Gasteiger charge is -2.26. The van der Waals surface area contributed by atoms with Gasteiger partial charge in [0.2, 0.25) is 11.9 Å². The fourth-order valence-corrected chi connectivity index (χ4v) is 5.32. The van der Waals surface area contributed by atoms with Gasteiger partial charge in [0.05, 0.1) is 35.4 Å². The van der Waals surface area contributed by atoms with E-state index >= 15 is 0 Å². The van der Waals surface area contributed by atoms with Crippen LogP contribution in [0.5, 0.6) is 5.75 Å². The van der Waals surface area contributed by atoms with Gasteiger partial charge in [0.1, 0.15) is 11.6 Å². The average molecular weight is 558 g/mol. The number of ether oxygens (including phenoxy) is 1. The first-order valence-electron chi connectivity index (χ1n) is 13.7. The number of likely N-dealkylation sites (N-methyl/N-ethyl adjacent to an activating group) is 2. The van der Waals surface area contributed by atoms with Crippen LogP contribution in [0.4, 0.5) is 27.4 Å². The smallest absolute Gasteiger partial charge is 0.247 e. The quantitative estimate of drug-likeness (QED) is 0.251. The molecule has 5 rings (SSSR count). The number of benzene rings is 2. The molecular formula is C31H36FN7O2. The Balaban J connectivity index is 1.54. The second kappa shape index (κ2) is 12.0. The number of anilines is 4. The fourth-order valence-electron chi connectivity index (χ4n) is 5.32. The maximum absolute atomic E-state index is 14.2. The summed E-state index contributed by atoms with van der Waals surface area (Å²) in [4.78, 5) is 25.8. The van der Waals surface area contributed by atoms with Crippen LogP contribution >= 0.6 is 0 Å². The number of nitrogens with one attached hydrogen (secondary N) is 2. The summed E-state index contributed by atoms with van der Waals surface area (Å²) in [6, 6.07) is 10.5. The van der Waals surface area contributed by atoms with Crippen LogP contribution < -0.4 is 20.3 Å². The second-order valence-corrected chi connectivity index (χ2v) is 10.5. The van der Waals surface area contributed by atoms with E-state index < -0.39 is 0 Å². The predicted octanol–water partition coefficient (Wildman–Crippen LogP) is 5.45. The third-order valence-electron chi connectivity index (χ3n) is 7.39. The predicted molar refractivity (Wildman–Crippen MR) is 163 cm³/mol. The molecule has 0 aliphatic carbocycles. The average Bonchev–Trinajstić information content (AvgIpc) is 3.29. The van der Waals surface area contributed by atoms with Gasteiger partial charge in [0.15, 0.2) is 0 Å². The summed E-state index contributed by atoms with van der Waals surface area (Å²) >= 11 is 0. The first-order valence-corrected chi connectivity index (χ1v) is 13.7. The molecule has 3 heterocycles. The lowest BCUT2D eigenvalue weighted by Crippen LogP contribution is -2.29. The highest BCUT2D eigenvalue weighted by atomic mass is 19.1. The van der Waals surface area contributed by atoms with Crippen molar-refractivity contribution in [3.05, 3.63) is 66.8 Å². The number of amides is 1. The Bertz CT molecular complexity index is 1600. The van der Waals surface area contributed by atoms with Gasteiger partial charge in [-0.1, -0.05) is 6.58 Å². The molecule has 0 saturated carbocycles. The van der Waals surface area contributed by atoms with Crippen LogP contribution in [-0.4, -0.2) is 66.7 Å². The van der Waals surface area contributed by atoms with Crippen molar-refractivity contribution in [3.63, 3.8) is 0 Å². The van der Waals surface area contributed by atoms with E-state index in [-0.39, 0.29) is 11.7 Å². The Kier molecular flexibility index (Phi) is 8.21. The number of fused-ring (bicyclic) bond motifs is 3. The van der Waals surface area contributed by atoms with E-state index in [0.29, 0.717) is 23.1 Å². The van der Waals surface area contributed by atoms with Gasteiger partial charge < -0.3 is 29.7 Å². The monoisotopic (exact) mass is 557 g/mol. The van der Waals surface area contributed by atoms with Crippen molar-refractivity contribution >= 4 is 39.8 Å². The number of methoxy groups -OCH3 is 1. The van der Waals surface area contributed by atoms with Crippen molar-refractivity contribution in [1.82, 2.24) is 19.4 Å². The van der Waals surface area contributed by atoms with Crippen LogP contribution in [0.15, 0.2) is 55.3 Å². The number of aryl methyl sites for hydroxylation is 1. The summed E-state index contributed by atoms with van der Waals surface area (Å²) in [6.45, 7) is 6.02. The topological polar surface area (TPSA) is 87.5 Å². The number of aromatic nitrogens is 3. The molecule has 1 amide bonds. The normalized spacial score (nSPS) is 12.7. The first-order chi connectivity index (χ1) is 19.8. The zero-order chi connectivity index (χ0) is 29.1. The molecule has 0 unspecified atom stereocenters. The molecule has 0 radical (unpaired) electrons. The molecule has 2 aromatic carbocycles. The lowest BCUT2D eigenvalue weighted by atomic mass is 10.0. The van der Waals surface area contributed by atoms with Crippen molar-refractivity contribution in [2.75, 3.05) is 56.9 Å². The minimum Gasteiger partial charge on any atom is -0.494 e. The maximum Gasteiger partial charge on any atom is 0.247 e. The number of carbonyl (C=O) groups excluding carboxylic acids is 1. The van der Waals surface area contributed by atoms with Crippen LogP contribution in [0.1, 0.15) is 18.5 Å². The zero-order valence-corrected chi connectivity index (χ0v) is 24.0. The molecule has 10 heteroatoms. The molecule has 0 spiro atoms. The van der Waals surface area contributed by atoms with Crippen LogP contribution in [0.3, 0.4) is 0 Å². The number of hydrogen-bond acceptors (Lipinski definition) is 7. The molecular weight excluding hydrogens is 521 g/mol. The molecule has 4 aromatic rings. The second-order valence-electron chi connectivity index (χ2n) is 10.5. The highest BCUT2D eigenvalue weighted by Gasteiger charge is 2.23. The van der Waals surface area contributed by atoms with Crippen molar-refractivity contribution in [2.24, 2.45) is 0 Å². The number of nitrogens with zero attached hydrogens (tertiary/aromatic N) is 5. The van der Waals surface area contributed by atoms with E-state index in [0.717, 1.165) is 66.7 Å². The number of rotatable bonds is 10. The lowest BCUT2D eigenvalue weighted by molar-refractivity contribution is -0.111. The Morgan fingerprint density at radius 3 is 2.73 bits per heavy atom. The Hall–Kier alpha value is -4.44. The Morgan fingerprint density at radius 2 is 1.98 bits per heavy atom. The van der Waals surface area contributed by atoms with E-state index in [2.05, 4.69) is 36.6 Å². The van der Waals surface area contributed by atoms with Gasteiger partial charge in [0, 0.05) is 55.6 Å². The number of halogens is 1. The van der Waals surface area contributed by atoms with Crippen molar-refractivity contribution < 1.29 is 13.9 Å². The third-order valence-corrected chi connectivity index (χ3v) is 7.39. The summed E-state index contributed by atoms with van der Waals surface area (Å²) in [5.74, 6) is 0.386. The highest BCUT2D eigenvalue weighted by Crippen LogP contribution is 2.40. The van der Waals surface area contributed by atoms with Crippen LogP contribution in [0, 0.1) is 5.82 Å². The molecule has 2 N–H and O–H groups in total. The molecule has 0 fully saturated rings. The van der Waals surface area contributed by atoms with Gasteiger partial charge in [0.25, 0.3) is 0 Å². The SMILES string of the molecule is C=CC(=O)Nc1cc(Nc2nccc(-c3c4n(c5cc(F)ccc35)CCCC4)n2)c(OC)cc1N(C)CCN(C)C. The molecule has 0 atom stereocenters. The number of hydrogen-bond donors (Lipinski definition) is 2. The molecule has 214 valence electrons. The van der Waals surface area contributed by atoms with E-state index in [9.17, 15) is 9.18 Å². The molecule has 0 saturated heterocycles. The van der Waals surface area contributed by atoms with E-state index in [1.165, 1.54) is 17.8 Å². The summed E-state index contributed by atoms with van der Waals surface area (Å²) in [5, 5.41) is 7.19. The summed E-state index contributed by atoms with van der Waals surface area (Å²) < 4.78 is 22.1. The molecule has 0 bridgehead atoms. The Morgan fingerprint density at radius 1 is 1.15 bits per heavy atom. The van der Waals surface area contributed by atoms with Gasteiger partial charge in [-0.25, -0.2) is 14.4 Å². The van der Waals surface area contributed by atoms with Gasteiger partial charge >= 0.3 is 0 Å². The third kappa shape index (κ3) is 5.88. The van der Waals surface area contributed by atoms with Gasteiger partial charge in [-0.15, -0.1) is 0 Å². The van der Waals surface area contributed by atoms with Gasteiger partial charge in [-0.3, -0.25) is 4.79 Å². The summed E-state index contributed by atoms with van der Waals surface area (Å²) in [6.07, 6.45) is 5.99. The number of carbonyl (C=O) groups is 1. The van der Waals surface area contributed by atoms with Crippen molar-refractivity contribution in [3.8, 4) is 17.0 Å². The fraction of sp³-hybridized carbons (Fsp3) is 0.323. The van der Waals surface area contributed by atoms with E-state index in [1.807, 2.05) is 45.4 Å². The largest absolute Gasteiger partial charge is 0.494 e. The van der Waals surface area contributed by atoms with Gasteiger partial charge in [-0.05, 0) is 69.8 Å². The minimum atomic E-state index is -0.316.